The van der Waals surface area contributed by atoms with Crippen LogP contribution in [-0.4, -0.2) is 15.0 Å². The smallest absolute Gasteiger partial charge is 0.324 e. The summed E-state index contributed by atoms with van der Waals surface area (Å²) in [5.41, 5.74) is 0.640. The van der Waals surface area contributed by atoms with Gasteiger partial charge < -0.3 is 5.32 Å². The zero-order valence-corrected chi connectivity index (χ0v) is 19.0. The number of aryl methyl sites for hydroxylation is 2. The number of halogens is 2. The first-order valence-corrected chi connectivity index (χ1v) is 11.7. The number of hydrogen-bond donors (Lipinski definition) is 1. The lowest BCUT2D eigenvalue weighted by atomic mass is 9.97. The Morgan fingerprint density at radius 3 is 2.61 bits per heavy atom. The summed E-state index contributed by atoms with van der Waals surface area (Å²) in [6.45, 7) is -0.306. The predicted octanol–water partition coefficient (Wildman–Crippen LogP) is 4.52. The summed E-state index contributed by atoms with van der Waals surface area (Å²) in [6.07, 6.45) is 3.60. The van der Waals surface area contributed by atoms with Gasteiger partial charge >= 0.3 is 5.69 Å². The van der Waals surface area contributed by atoms with Crippen molar-refractivity contribution in [2.24, 2.45) is 0 Å². The fraction of sp³-hybridized carbons (Fsp3) is 0.208. The monoisotopic (exact) mass is 483 g/mol. The lowest BCUT2D eigenvalue weighted by Gasteiger charge is -2.13. The van der Waals surface area contributed by atoms with Gasteiger partial charge in [0.15, 0.2) is 0 Å². The van der Waals surface area contributed by atoms with E-state index in [2.05, 4.69) is 5.32 Å². The first-order valence-electron chi connectivity index (χ1n) is 10.5. The van der Waals surface area contributed by atoms with E-state index in [9.17, 15) is 18.8 Å². The van der Waals surface area contributed by atoms with E-state index in [-0.39, 0.29) is 6.54 Å². The van der Waals surface area contributed by atoms with E-state index in [1.165, 1.54) is 34.1 Å². The number of nitrogens with zero attached hydrogens (tertiary/aromatic N) is 2. The summed E-state index contributed by atoms with van der Waals surface area (Å²) in [6, 6.07) is 12.0. The average molecular weight is 484 g/mol. The average Bonchev–Trinajstić information content (AvgIpc) is 3.18. The molecule has 5 rings (SSSR count). The lowest BCUT2D eigenvalue weighted by Crippen LogP contribution is -2.40. The minimum absolute atomic E-state index is 0.292. The van der Waals surface area contributed by atoms with Gasteiger partial charge in [-0.25, -0.2) is 13.8 Å². The Hall–Kier alpha value is -3.23. The Morgan fingerprint density at radius 2 is 1.85 bits per heavy atom. The van der Waals surface area contributed by atoms with Gasteiger partial charge in [-0.15, -0.1) is 11.3 Å². The van der Waals surface area contributed by atoms with Crippen molar-refractivity contribution in [2.45, 2.75) is 32.2 Å². The molecule has 33 heavy (non-hydrogen) atoms. The summed E-state index contributed by atoms with van der Waals surface area (Å²) >= 11 is 7.39. The predicted molar refractivity (Wildman–Crippen MR) is 128 cm³/mol. The Labute approximate surface area is 196 Å². The number of nitrogens with one attached hydrogen (secondary N) is 1. The van der Waals surface area contributed by atoms with Crippen LogP contribution in [0, 0.1) is 5.82 Å². The molecular formula is C24H19ClFN3O3S. The van der Waals surface area contributed by atoms with Gasteiger partial charge in [-0.3, -0.25) is 14.2 Å². The number of rotatable bonds is 4. The van der Waals surface area contributed by atoms with Crippen LogP contribution in [0.5, 0.6) is 0 Å². The highest BCUT2D eigenvalue weighted by Crippen LogP contribution is 2.34. The van der Waals surface area contributed by atoms with Crippen LogP contribution in [0.15, 0.2) is 58.1 Å². The maximum atomic E-state index is 13.5. The molecule has 0 unspecified atom stereocenters. The molecule has 168 valence electrons. The lowest BCUT2D eigenvalue weighted by molar-refractivity contribution is -0.116. The molecule has 0 fully saturated rings. The van der Waals surface area contributed by atoms with Gasteiger partial charge in [0.05, 0.1) is 11.1 Å². The molecule has 0 bridgehead atoms. The standard InChI is InChI=1S/C24H19ClFN3O3S/c25-14-8-10-17(11-9-14)29-22(31)21-18-6-1-2-7-19(18)33-23(21)28(24(29)32)13-20(30)27-16-5-3-4-15(26)12-16/h3-5,8-12H,1-2,6-7,13H2,(H,27,30). The molecule has 1 amide bonds. The summed E-state index contributed by atoms with van der Waals surface area (Å²) in [5, 5.41) is 3.60. The van der Waals surface area contributed by atoms with Crippen LogP contribution >= 0.6 is 22.9 Å². The van der Waals surface area contributed by atoms with Crippen molar-refractivity contribution in [3.05, 3.63) is 90.6 Å². The molecule has 1 aliphatic rings. The van der Waals surface area contributed by atoms with Gasteiger partial charge in [-0.2, -0.15) is 0 Å². The van der Waals surface area contributed by atoms with Gasteiger partial charge in [-0.1, -0.05) is 17.7 Å². The number of aromatic nitrogens is 2. The molecule has 1 N–H and O–H groups in total. The summed E-state index contributed by atoms with van der Waals surface area (Å²) in [5.74, 6) is -0.966. The van der Waals surface area contributed by atoms with Crippen LogP contribution in [0.1, 0.15) is 23.3 Å². The van der Waals surface area contributed by atoms with Crippen molar-refractivity contribution < 1.29 is 9.18 Å². The molecule has 0 aliphatic heterocycles. The summed E-state index contributed by atoms with van der Waals surface area (Å²) < 4.78 is 15.9. The zero-order chi connectivity index (χ0) is 23.1. The zero-order valence-electron chi connectivity index (χ0n) is 17.4. The minimum atomic E-state index is -0.609. The number of hydrogen-bond acceptors (Lipinski definition) is 4. The molecule has 2 aromatic carbocycles. The van der Waals surface area contributed by atoms with Crippen LogP contribution in [0.2, 0.25) is 5.02 Å². The van der Waals surface area contributed by atoms with Crippen molar-refractivity contribution in [1.82, 2.24) is 9.13 Å². The van der Waals surface area contributed by atoms with Gasteiger partial charge in [-0.05, 0) is 73.7 Å². The number of carbonyl (C=O) groups is 1. The molecule has 0 radical (unpaired) electrons. The van der Waals surface area contributed by atoms with Crippen LogP contribution in [0.3, 0.4) is 0 Å². The highest BCUT2D eigenvalue weighted by atomic mass is 35.5. The van der Waals surface area contributed by atoms with Crippen LogP contribution in [0.25, 0.3) is 15.9 Å². The molecule has 0 saturated carbocycles. The van der Waals surface area contributed by atoms with Crippen LogP contribution < -0.4 is 16.6 Å². The molecule has 2 aromatic heterocycles. The van der Waals surface area contributed by atoms with Gasteiger partial charge in [0.2, 0.25) is 5.91 Å². The van der Waals surface area contributed by atoms with Gasteiger partial charge in [0, 0.05) is 15.6 Å². The fourth-order valence-corrected chi connectivity index (χ4v) is 5.73. The maximum Gasteiger partial charge on any atom is 0.337 e. The Morgan fingerprint density at radius 1 is 1.09 bits per heavy atom. The summed E-state index contributed by atoms with van der Waals surface area (Å²) in [4.78, 5) is 41.4. The Bertz CT molecular complexity index is 1500. The SMILES string of the molecule is O=C(Cn1c(=O)n(-c2ccc(Cl)cc2)c(=O)c2c3c(sc21)CCCC3)Nc1cccc(F)c1. The number of benzene rings is 2. The number of carbonyl (C=O) groups excluding carboxylic acids is 1. The van der Waals surface area contributed by atoms with E-state index in [0.29, 0.717) is 26.6 Å². The molecular weight excluding hydrogens is 465 g/mol. The number of thiophene rings is 1. The first-order chi connectivity index (χ1) is 15.9. The molecule has 6 nitrogen and oxygen atoms in total. The van der Waals surface area contributed by atoms with Crippen molar-refractivity contribution in [3.63, 3.8) is 0 Å². The van der Waals surface area contributed by atoms with E-state index >= 15 is 0 Å². The molecule has 9 heteroatoms. The number of anilines is 1. The van der Waals surface area contributed by atoms with Gasteiger partial charge in [0.25, 0.3) is 5.56 Å². The molecule has 2 heterocycles. The largest absolute Gasteiger partial charge is 0.337 e. The van der Waals surface area contributed by atoms with E-state index in [0.717, 1.165) is 40.7 Å². The topological polar surface area (TPSA) is 73.1 Å². The molecule has 0 saturated heterocycles. The number of fused-ring (bicyclic) bond motifs is 3. The first kappa shape index (κ1) is 21.6. The van der Waals surface area contributed by atoms with Crippen LogP contribution in [0.4, 0.5) is 10.1 Å². The maximum absolute atomic E-state index is 13.5. The summed E-state index contributed by atoms with van der Waals surface area (Å²) in [7, 11) is 0. The van der Waals surface area contributed by atoms with E-state index in [1.807, 2.05) is 0 Å². The Balaban J connectivity index is 1.67. The fourth-order valence-electron chi connectivity index (χ4n) is 4.24. The number of amides is 1. The third kappa shape index (κ3) is 4.00. The highest BCUT2D eigenvalue weighted by molar-refractivity contribution is 7.18. The normalized spacial score (nSPS) is 13.2. The second-order valence-corrected chi connectivity index (χ2v) is 9.46. The molecule has 4 aromatic rings. The second kappa shape index (κ2) is 8.61. The van der Waals surface area contributed by atoms with Crippen molar-refractivity contribution >= 4 is 44.7 Å². The van der Waals surface area contributed by atoms with Crippen molar-refractivity contribution in [3.8, 4) is 5.69 Å². The van der Waals surface area contributed by atoms with Gasteiger partial charge in [0.1, 0.15) is 17.2 Å². The van der Waals surface area contributed by atoms with Crippen molar-refractivity contribution in [1.29, 1.82) is 0 Å². The Kier molecular flexibility index (Phi) is 5.64. The highest BCUT2D eigenvalue weighted by Gasteiger charge is 2.25. The van der Waals surface area contributed by atoms with E-state index in [1.54, 1.807) is 30.3 Å². The van der Waals surface area contributed by atoms with E-state index < -0.39 is 23.0 Å². The van der Waals surface area contributed by atoms with E-state index in [4.69, 9.17) is 11.6 Å². The third-order valence-electron chi connectivity index (χ3n) is 5.73. The van der Waals surface area contributed by atoms with Crippen molar-refractivity contribution in [2.75, 3.05) is 5.32 Å². The molecule has 1 aliphatic carbocycles. The second-order valence-electron chi connectivity index (χ2n) is 7.94. The molecule has 0 spiro atoms. The van der Waals surface area contributed by atoms with Crippen LogP contribution in [-0.2, 0) is 24.2 Å². The molecule has 0 atom stereocenters. The minimum Gasteiger partial charge on any atom is -0.324 e. The third-order valence-corrected chi connectivity index (χ3v) is 7.30. The quantitative estimate of drug-likeness (QED) is 0.463.